The van der Waals surface area contributed by atoms with E-state index in [1.165, 1.54) is 5.56 Å². The van der Waals surface area contributed by atoms with Crippen molar-refractivity contribution in [3.63, 3.8) is 0 Å². The Morgan fingerprint density at radius 2 is 1.89 bits per heavy atom. The van der Waals surface area contributed by atoms with Gasteiger partial charge in [0.15, 0.2) is 0 Å². The molecule has 100 valence electrons. The van der Waals surface area contributed by atoms with Crippen LogP contribution >= 0.6 is 0 Å². The smallest absolute Gasteiger partial charge is 0.130 e. The lowest BCUT2D eigenvalue weighted by Gasteiger charge is -2.26. The second-order valence-corrected chi connectivity index (χ2v) is 5.04. The molecule has 0 aliphatic rings. The van der Waals surface area contributed by atoms with Crippen molar-refractivity contribution in [2.24, 2.45) is 5.73 Å². The Bertz CT molecular complexity index is 506. The van der Waals surface area contributed by atoms with Gasteiger partial charge in [-0.1, -0.05) is 18.2 Å². The number of rotatable bonds is 5. The van der Waals surface area contributed by atoms with Crippen LogP contribution in [0.5, 0.6) is 5.75 Å². The monoisotopic (exact) mass is 256 g/mol. The fourth-order valence-corrected chi connectivity index (χ4v) is 1.96. The van der Waals surface area contributed by atoms with Crippen molar-refractivity contribution in [1.82, 2.24) is 4.98 Å². The van der Waals surface area contributed by atoms with E-state index < -0.39 is 5.60 Å². The molecule has 0 bridgehead atoms. The Balaban J connectivity index is 2.11. The van der Waals surface area contributed by atoms with Crippen LogP contribution in [-0.2, 0) is 12.0 Å². The highest BCUT2D eigenvalue weighted by Gasteiger charge is 2.22. The summed E-state index contributed by atoms with van der Waals surface area (Å²) in [6.07, 6.45) is 4.50. The molecule has 0 saturated heterocycles. The van der Waals surface area contributed by atoms with Crippen LogP contribution in [0.4, 0.5) is 0 Å². The Labute approximate surface area is 114 Å². The highest BCUT2D eigenvalue weighted by molar-refractivity contribution is 5.29. The van der Waals surface area contributed by atoms with Gasteiger partial charge < -0.3 is 10.5 Å². The van der Waals surface area contributed by atoms with Crippen molar-refractivity contribution in [2.45, 2.75) is 25.9 Å². The van der Waals surface area contributed by atoms with Gasteiger partial charge in [0.1, 0.15) is 11.4 Å². The van der Waals surface area contributed by atoms with Gasteiger partial charge in [0.25, 0.3) is 0 Å². The predicted octanol–water partition coefficient (Wildman–Crippen LogP) is 2.90. The normalized spacial score (nSPS) is 11.3. The van der Waals surface area contributed by atoms with Gasteiger partial charge in [-0.05, 0) is 50.6 Å². The van der Waals surface area contributed by atoms with Crippen molar-refractivity contribution in [3.8, 4) is 5.75 Å². The first-order valence-electron chi connectivity index (χ1n) is 6.50. The molecule has 0 aliphatic carbocycles. The van der Waals surface area contributed by atoms with Crippen LogP contribution in [0.1, 0.15) is 25.0 Å². The summed E-state index contributed by atoms with van der Waals surface area (Å²) in [5.41, 5.74) is 7.43. The second kappa shape index (κ2) is 5.85. The molecule has 3 heteroatoms. The second-order valence-electron chi connectivity index (χ2n) is 5.04. The Hall–Kier alpha value is -1.87. The molecule has 0 aliphatic heterocycles. The minimum atomic E-state index is -0.399. The first kappa shape index (κ1) is 13.6. The summed E-state index contributed by atoms with van der Waals surface area (Å²) in [6, 6.07) is 12.0. The number of benzene rings is 1. The standard InChI is InChI=1S/C16H20N2O/c1-16(2,14-4-3-11-18-12-14)19-15-7-5-13(6-8-15)9-10-17/h3-8,11-12H,9-10,17H2,1-2H3. The maximum Gasteiger partial charge on any atom is 0.130 e. The van der Waals surface area contributed by atoms with E-state index in [0.717, 1.165) is 17.7 Å². The van der Waals surface area contributed by atoms with E-state index in [9.17, 15) is 0 Å². The van der Waals surface area contributed by atoms with E-state index in [4.69, 9.17) is 10.5 Å². The third-order valence-corrected chi connectivity index (χ3v) is 3.09. The van der Waals surface area contributed by atoms with E-state index in [0.29, 0.717) is 6.54 Å². The molecule has 0 spiro atoms. The quantitative estimate of drug-likeness (QED) is 0.894. The SMILES string of the molecule is CC(C)(Oc1ccc(CCN)cc1)c1cccnc1. The minimum absolute atomic E-state index is 0.399. The van der Waals surface area contributed by atoms with E-state index >= 15 is 0 Å². The Morgan fingerprint density at radius 1 is 1.16 bits per heavy atom. The van der Waals surface area contributed by atoms with E-state index in [-0.39, 0.29) is 0 Å². The highest BCUT2D eigenvalue weighted by atomic mass is 16.5. The van der Waals surface area contributed by atoms with Crippen LogP contribution < -0.4 is 10.5 Å². The molecular formula is C16H20N2O. The third-order valence-electron chi connectivity index (χ3n) is 3.09. The summed E-state index contributed by atoms with van der Waals surface area (Å²) in [4.78, 5) is 4.14. The number of nitrogens with two attached hydrogens (primary N) is 1. The zero-order chi connectivity index (χ0) is 13.7. The average molecular weight is 256 g/mol. The largest absolute Gasteiger partial charge is 0.483 e. The highest BCUT2D eigenvalue weighted by Crippen LogP contribution is 2.27. The maximum absolute atomic E-state index is 6.05. The molecule has 0 amide bonds. The Kier molecular flexibility index (Phi) is 4.17. The van der Waals surface area contributed by atoms with Gasteiger partial charge in [0.2, 0.25) is 0 Å². The molecule has 0 saturated carbocycles. The molecule has 1 aromatic carbocycles. The molecule has 2 aromatic rings. The molecule has 19 heavy (non-hydrogen) atoms. The summed E-state index contributed by atoms with van der Waals surface area (Å²) in [5.74, 6) is 0.856. The number of ether oxygens (including phenoxy) is 1. The first-order chi connectivity index (χ1) is 9.12. The van der Waals surface area contributed by atoms with Crippen molar-refractivity contribution in [3.05, 3.63) is 59.9 Å². The Morgan fingerprint density at radius 3 is 2.47 bits per heavy atom. The molecule has 2 N–H and O–H groups in total. The molecule has 0 unspecified atom stereocenters. The maximum atomic E-state index is 6.05. The van der Waals surface area contributed by atoms with Gasteiger partial charge in [-0.3, -0.25) is 4.98 Å². The molecule has 0 radical (unpaired) electrons. The fourth-order valence-electron chi connectivity index (χ4n) is 1.96. The van der Waals surface area contributed by atoms with Crippen molar-refractivity contribution in [2.75, 3.05) is 6.54 Å². The average Bonchev–Trinajstić information content (AvgIpc) is 2.42. The van der Waals surface area contributed by atoms with E-state index in [1.54, 1.807) is 6.20 Å². The molecule has 2 rings (SSSR count). The summed E-state index contributed by atoms with van der Waals surface area (Å²) >= 11 is 0. The number of hydrogen-bond donors (Lipinski definition) is 1. The summed E-state index contributed by atoms with van der Waals surface area (Å²) in [7, 11) is 0. The summed E-state index contributed by atoms with van der Waals surface area (Å²) in [5, 5.41) is 0. The third kappa shape index (κ3) is 3.55. The van der Waals surface area contributed by atoms with Gasteiger partial charge in [0, 0.05) is 18.0 Å². The van der Waals surface area contributed by atoms with Gasteiger partial charge in [0.05, 0.1) is 0 Å². The van der Waals surface area contributed by atoms with Crippen LogP contribution in [0.25, 0.3) is 0 Å². The van der Waals surface area contributed by atoms with Crippen molar-refractivity contribution in [1.29, 1.82) is 0 Å². The van der Waals surface area contributed by atoms with E-state index in [2.05, 4.69) is 17.1 Å². The molecule has 3 nitrogen and oxygen atoms in total. The zero-order valence-electron chi connectivity index (χ0n) is 11.5. The van der Waals surface area contributed by atoms with E-state index in [1.807, 2.05) is 44.3 Å². The van der Waals surface area contributed by atoms with Crippen LogP contribution in [0.15, 0.2) is 48.8 Å². The number of aromatic nitrogens is 1. The lowest BCUT2D eigenvalue weighted by atomic mass is 10.00. The lowest BCUT2D eigenvalue weighted by Crippen LogP contribution is -2.25. The molecule has 1 heterocycles. The van der Waals surface area contributed by atoms with Gasteiger partial charge in [-0.25, -0.2) is 0 Å². The molecular weight excluding hydrogens is 236 g/mol. The van der Waals surface area contributed by atoms with Gasteiger partial charge in [-0.2, -0.15) is 0 Å². The zero-order valence-corrected chi connectivity index (χ0v) is 11.5. The molecule has 0 fully saturated rings. The molecule has 1 aromatic heterocycles. The topological polar surface area (TPSA) is 48.1 Å². The summed E-state index contributed by atoms with van der Waals surface area (Å²) in [6.45, 7) is 4.75. The van der Waals surface area contributed by atoms with Crippen LogP contribution in [-0.4, -0.2) is 11.5 Å². The predicted molar refractivity (Wildman–Crippen MR) is 77.1 cm³/mol. The molecule has 0 atom stereocenters. The van der Waals surface area contributed by atoms with Crippen molar-refractivity contribution >= 4 is 0 Å². The fraction of sp³-hybridized carbons (Fsp3) is 0.312. The number of pyridine rings is 1. The minimum Gasteiger partial charge on any atom is -0.483 e. The first-order valence-corrected chi connectivity index (χ1v) is 6.50. The van der Waals surface area contributed by atoms with Gasteiger partial charge >= 0.3 is 0 Å². The van der Waals surface area contributed by atoms with Crippen molar-refractivity contribution < 1.29 is 4.74 Å². The van der Waals surface area contributed by atoms with Gasteiger partial charge in [-0.15, -0.1) is 0 Å². The number of hydrogen-bond acceptors (Lipinski definition) is 3. The summed E-state index contributed by atoms with van der Waals surface area (Å²) < 4.78 is 6.05. The lowest BCUT2D eigenvalue weighted by molar-refractivity contribution is 0.108. The van der Waals surface area contributed by atoms with Crippen LogP contribution in [0.2, 0.25) is 0 Å². The van der Waals surface area contributed by atoms with Crippen LogP contribution in [0.3, 0.4) is 0 Å². The number of nitrogens with zero attached hydrogens (tertiary/aromatic N) is 1. The van der Waals surface area contributed by atoms with Crippen LogP contribution in [0, 0.1) is 0 Å².